The average Bonchev–Trinajstić information content (AvgIpc) is 3.44. The maximum Gasteiger partial charge on any atom is 0.255 e. The van der Waals surface area contributed by atoms with E-state index in [1.165, 1.54) is 36.7 Å². The lowest BCUT2D eigenvalue weighted by atomic mass is 10.0. The van der Waals surface area contributed by atoms with Crippen LogP contribution >= 0.6 is 0 Å². The molecule has 2 aliphatic heterocycles. The maximum absolute atomic E-state index is 13.9. The molecule has 1 amide bonds. The van der Waals surface area contributed by atoms with Gasteiger partial charge in [0, 0.05) is 31.6 Å². The molecule has 0 bridgehead atoms. The summed E-state index contributed by atoms with van der Waals surface area (Å²) >= 11 is 0. The fourth-order valence-corrected chi connectivity index (χ4v) is 4.50. The van der Waals surface area contributed by atoms with Crippen molar-refractivity contribution >= 4 is 34.9 Å². The number of hydrogen-bond donors (Lipinski definition) is 2. The molecule has 39 heavy (non-hydrogen) atoms. The lowest BCUT2D eigenvalue weighted by Gasteiger charge is -2.31. The van der Waals surface area contributed by atoms with Gasteiger partial charge in [-0.25, -0.2) is 18.8 Å². The molecule has 3 heterocycles. The average molecular weight is 540 g/mol. The predicted molar refractivity (Wildman–Crippen MR) is 140 cm³/mol. The van der Waals surface area contributed by atoms with Crippen molar-refractivity contribution in [1.82, 2.24) is 15.0 Å². The van der Waals surface area contributed by atoms with Gasteiger partial charge in [-0.1, -0.05) is 6.58 Å². The first-order chi connectivity index (χ1) is 18.9. The number of hydrogen-bond acceptors (Lipinski definition) is 10. The van der Waals surface area contributed by atoms with Crippen LogP contribution in [0.4, 0.5) is 37.7 Å². The molecule has 1 atom stereocenters. The van der Waals surface area contributed by atoms with Gasteiger partial charge in [-0.2, -0.15) is 9.97 Å². The Morgan fingerprint density at radius 1 is 1.10 bits per heavy atom. The van der Waals surface area contributed by atoms with E-state index in [1.54, 1.807) is 6.07 Å². The van der Waals surface area contributed by atoms with Crippen LogP contribution in [-0.2, 0) is 14.4 Å². The van der Waals surface area contributed by atoms with Crippen molar-refractivity contribution in [2.45, 2.75) is 12.5 Å². The topological polar surface area (TPSA) is 114 Å². The number of methoxy groups -OCH3 is 1. The van der Waals surface area contributed by atoms with Crippen LogP contribution in [0.2, 0.25) is 0 Å². The van der Waals surface area contributed by atoms with Crippen LogP contribution in [0.15, 0.2) is 49.3 Å². The quantitative estimate of drug-likeness (QED) is 0.410. The summed E-state index contributed by atoms with van der Waals surface area (Å²) in [5.41, 5.74) is 2.19. The summed E-state index contributed by atoms with van der Waals surface area (Å²) < 4.78 is 38.8. The molecule has 2 aromatic carbocycles. The number of benzene rings is 2. The lowest BCUT2D eigenvalue weighted by molar-refractivity contribution is -0.111. The second-order valence-corrected chi connectivity index (χ2v) is 8.76. The van der Waals surface area contributed by atoms with E-state index in [2.05, 4.69) is 37.1 Å². The molecule has 0 spiro atoms. The van der Waals surface area contributed by atoms with Crippen LogP contribution in [-0.4, -0.2) is 60.9 Å². The second-order valence-electron chi connectivity index (χ2n) is 8.76. The highest BCUT2D eigenvalue weighted by molar-refractivity contribution is 6.02. The van der Waals surface area contributed by atoms with Crippen LogP contribution in [0, 0.1) is 11.6 Å². The molecule has 0 aliphatic carbocycles. The number of morpholine rings is 1. The number of anilines is 5. The highest BCUT2D eigenvalue weighted by atomic mass is 19.1. The van der Waals surface area contributed by atoms with E-state index in [0.29, 0.717) is 62.0 Å². The summed E-state index contributed by atoms with van der Waals surface area (Å²) in [6, 6.07) is 6.38. The van der Waals surface area contributed by atoms with E-state index in [4.69, 9.17) is 14.3 Å². The first-order valence-corrected chi connectivity index (χ1v) is 12.3. The molecule has 0 saturated carbocycles. The molecule has 1 aromatic heterocycles. The molecule has 204 valence electrons. The third-order valence-corrected chi connectivity index (χ3v) is 6.29. The summed E-state index contributed by atoms with van der Waals surface area (Å²) in [6.45, 7) is 6.28. The molecular formula is C26H27F2N7O4. The van der Waals surface area contributed by atoms with Gasteiger partial charge in [0.25, 0.3) is 5.95 Å². The Morgan fingerprint density at radius 2 is 1.87 bits per heavy atom. The molecule has 0 radical (unpaired) electrons. The largest absolute Gasteiger partial charge is 0.494 e. The number of nitrogens with one attached hydrogen (secondary N) is 2. The molecule has 5 rings (SSSR count). The number of aromatic nitrogens is 3. The van der Waals surface area contributed by atoms with Gasteiger partial charge < -0.3 is 25.0 Å². The Bertz CT molecular complexity index is 1350. The Balaban J connectivity index is 1.45. The minimum absolute atomic E-state index is 0.156. The van der Waals surface area contributed by atoms with Gasteiger partial charge in [0.05, 0.1) is 50.0 Å². The molecule has 2 fully saturated rings. The van der Waals surface area contributed by atoms with Crippen molar-refractivity contribution in [3.8, 4) is 5.75 Å². The van der Waals surface area contributed by atoms with Crippen molar-refractivity contribution in [3.05, 3.63) is 66.5 Å². The Kier molecular flexibility index (Phi) is 7.79. The molecule has 0 unspecified atom stereocenters. The standard InChI is InChI=1S/C26H27F2N7O4/c1-3-24(36)31-19-13-20(23(37-2)14-22(19)34-5-8-38-9-6-34)32-25-29-15-30-26(33-25)35-21(4-7-39-35)16-10-17(27)12-18(28)11-16/h3,10-15,21H,1,4-9H2,2H3,(H,31,36)(H,29,30,32,33)/t21-/m1/s1. The third kappa shape index (κ3) is 5.89. The molecule has 2 saturated heterocycles. The Labute approximate surface area is 223 Å². The van der Waals surface area contributed by atoms with E-state index in [1.807, 2.05) is 6.07 Å². The van der Waals surface area contributed by atoms with Gasteiger partial charge in [0.15, 0.2) is 0 Å². The second kappa shape index (κ2) is 11.6. The van der Waals surface area contributed by atoms with Crippen LogP contribution in [0.3, 0.4) is 0 Å². The van der Waals surface area contributed by atoms with Crippen molar-refractivity contribution < 1.29 is 27.9 Å². The zero-order chi connectivity index (χ0) is 27.4. The molecule has 3 aromatic rings. The molecule has 11 nitrogen and oxygen atoms in total. The van der Waals surface area contributed by atoms with Gasteiger partial charge in [0.1, 0.15) is 23.7 Å². The summed E-state index contributed by atoms with van der Waals surface area (Å²) in [5.74, 6) is -0.917. The van der Waals surface area contributed by atoms with Crippen molar-refractivity contribution in [2.75, 3.05) is 60.6 Å². The fraction of sp³-hybridized carbons (Fsp3) is 0.308. The van der Waals surface area contributed by atoms with Crippen molar-refractivity contribution in [2.24, 2.45) is 0 Å². The molecule has 13 heteroatoms. The minimum Gasteiger partial charge on any atom is -0.494 e. The summed E-state index contributed by atoms with van der Waals surface area (Å²) in [4.78, 5) is 32.9. The number of amides is 1. The molecular weight excluding hydrogens is 512 g/mol. The predicted octanol–water partition coefficient (Wildman–Crippen LogP) is 3.75. The molecule has 2 aliphatic rings. The van der Waals surface area contributed by atoms with Crippen LogP contribution in [0.5, 0.6) is 5.75 Å². The normalized spacial score (nSPS) is 17.2. The Hall–Kier alpha value is -4.36. The Morgan fingerprint density at radius 3 is 2.59 bits per heavy atom. The zero-order valence-corrected chi connectivity index (χ0v) is 21.2. The van der Waals surface area contributed by atoms with E-state index >= 15 is 0 Å². The fourth-order valence-electron chi connectivity index (χ4n) is 4.50. The highest BCUT2D eigenvalue weighted by Crippen LogP contribution is 2.39. The summed E-state index contributed by atoms with van der Waals surface area (Å²) in [7, 11) is 1.53. The van der Waals surface area contributed by atoms with Crippen LogP contribution < -0.4 is 25.3 Å². The first kappa shape index (κ1) is 26.3. The maximum atomic E-state index is 13.9. The van der Waals surface area contributed by atoms with Crippen LogP contribution in [0.25, 0.3) is 0 Å². The summed E-state index contributed by atoms with van der Waals surface area (Å²) in [6.07, 6.45) is 2.97. The number of carbonyl (C=O) groups is 1. The van der Waals surface area contributed by atoms with Crippen molar-refractivity contribution in [3.63, 3.8) is 0 Å². The number of carbonyl (C=O) groups excluding carboxylic acids is 1. The van der Waals surface area contributed by atoms with E-state index in [9.17, 15) is 13.6 Å². The van der Waals surface area contributed by atoms with Crippen molar-refractivity contribution in [1.29, 1.82) is 0 Å². The smallest absolute Gasteiger partial charge is 0.255 e. The van der Waals surface area contributed by atoms with E-state index in [0.717, 1.165) is 11.8 Å². The van der Waals surface area contributed by atoms with E-state index in [-0.39, 0.29) is 17.8 Å². The zero-order valence-electron chi connectivity index (χ0n) is 21.2. The number of hydroxylamine groups is 1. The number of ether oxygens (including phenoxy) is 2. The minimum atomic E-state index is -0.679. The number of halogens is 2. The highest BCUT2D eigenvalue weighted by Gasteiger charge is 2.31. The van der Waals surface area contributed by atoms with Gasteiger partial charge >= 0.3 is 0 Å². The SMILES string of the molecule is C=CC(=O)Nc1cc(Nc2ncnc(N3OCC[C@@H]3c3cc(F)cc(F)c3)n2)c(OC)cc1N1CCOCC1. The van der Waals surface area contributed by atoms with E-state index < -0.39 is 17.7 Å². The third-order valence-electron chi connectivity index (χ3n) is 6.29. The molecule has 2 N–H and O–H groups in total. The first-order valence-electron chi connectivity index (χ1n) is 12.3. The van der Waals surface area contributed by atoms with Crippen LogP contribution in [0.1, 0.15) is 18.0 Å². The number of rotatable bonds is 8. The lowest BCUT2D eigenvalue weighted by Crippen LogP contribution is -2.36. The summed E-state index contributed by atoms with van der Waals surface area (Å²) in [5, 5.41) is 7.37. The van der Waals surface area contributed by atoms with Gasteiger partial charge in [0.2, 0.25) is 11.9 Å². The number of nitrogens with zero attached hydrogens (tertiary/aromatic N) is 5. The van der Waals surface area contributed by atoms with Gasteiger partial charge in [-0.15, -0.1) is 0 Å². The van der Waals surface area contributed by atoms with Gasteiger partial charge in [-0.3, -0.25) is 9.63 Å². The monoisotopic (exact) mass is 539 g/mol. The van der Waals surface area contributed by atoms with Gasteiger partial charge in [-0.05, 0) is 29.8 Å².